The number of hydrogen-bond donors (Lipinski definition) is 0. The maximum atomic E-state index is 11.8. The number of carbonyl (C=O) groups excluding carboxylic acids is 1. The van der Waals surface area contributed by atoms with Gasteiger partial charge < -0.3 is 4.90 Å². The van der Waals surface area contributed by atoms with Crippen molar-refractivity contribution in [2.75, 3.05) is 14.1 Å². The molecule has 1 saturated carbocycles. The lowest BCUT2D eigenvalue weighted by molar-refractivity contribution is 0.0821. The number of hydrogen-bond acceptors (Lipinski definition) is 3. The van der Waals surface area contributed by atoms with Crippen molar-refractivity contribution in [2.45, 2.75) is 53.0 Å². The summed E-state index contributed by atoms with van der Waals surface area (Å²) in [6.07, 6.45) is 6.87. The van der Waals surface area contributed by atoms with Gasteiger partial charge in [-0.15, -0.1) is 5.10 Å². The molecule has 0 aliphatic heterocycles. The molecule has 2 rings (SSSR count). The largest absolute Gasteiger partial charge is 0.343 e. The van der Waals surface area contributed by atoms with Crippen LogP contribution in [-0.4, -0.2) is 39.9 Å². The van der Waals surface area contributed by atoms with Gasteiger partial charge in [0.25, 0.3) is 5.91 Å². The third-order valence-corrected chi connectivity index (χ3v) is 4.68. The fraction of sp³-hybridized carbons (Fsp3) is 0.812. The zero-order valence-electron chi connectivity index (χ0n) is 14.0. The molecule has 1 fully saturated rings. The summed E-state index contributed by atoms with van der Waals surface area (Å²) in [7, 11) is 3.46. The van der Waals surface area contributed by atoms with Crippen molar-refractivity contribution in [3.8, 4) is 0 Å². The summed E-state index contributed by atoms with van der Waals surface area (Å²) in [6, 6.07) is 0. The second kappa shape index (κ2) is 6.16. The Bertz CT molecular complexity index is 479. The fourth-order valence-electron chi connectivity index (χ4n) is 3.19. The first kappa shape index (κ1) is 16.0. The summed E-state index contributed by atoms with van der Waals surface area (Å²) in [5, 5.41) is 8.08. The van der Waals surface area contributed by atoms with Crippen molar-refractivity contribution in [2.24, 2.45) is 17.3 Å². The zero-order valence-corrected chi connectivity index (χ0v) is 14.0. The van der Waals surface area contributed by atoms with Gasteiger partial charge in [0.15, 0.2) is 5.69 Å². The SMILES string of the molecule is CN(C)C(=O)c1cn(CC2CCC(C(C)(C)C)CC2)nn1. The lowest BCUT2D eigenvalue weighted by atomic mass is 9.70. The predicted molar refractivity (Wildman–Crippen MR) is 82.9 cm³/mol. The third kappa shape index (κ3) is 4.05. The topological polar surface area (TPSA) is 51.0 Å². The Morgan fingerprint density at radius 3 is 2.43 bits per heavy atom. The number of rotatable bonds is 3. The molecule has 5 nitrogen and oxygen atoms in total. The standard InChI is InChI=1S/C16H28N4O/c1-16(2,3)13-8-6-12(7-9-13)10-20-11-14(17-18-20)15(21)19(4)5/h11-13H,6-10H2,1-5H3. The first-order valence-corrected chi connectivity index (χ1v) is 7.89. The summed E-state index contributed by atoms with van der Waals surface area (Å²) >= 11 is 0. The second-order valence-electron chi connectivity index (χ2n) is 7.61. The Balaban J connectivity index is 1.88. The predicted octanol–water partition coefficient (Wildman–Crippen LogP) is 2.83. The highest BCUT2D eigenvalue weighted by molar-refractivity contribution is 5.91. The molecule has 1 aliphatic carbocycles. The molecule has 0 unspecified atom stereocenters. The van der Waals surface area contributed by atoms with E-state index in [9.17, 15) is 4.79 Å². The Morgan fingerprint density at radius 2 is 1.90 bits per heavy atom. The van der Waals surface area contributed by atoms with Gasteiger partial charge in [-0.25, -0.2) is 0 Å². The fourth-order valence-corrected chi connectivity index (χ4v) is 3.19. The molecule has 0 spiro atoms. The zero-order chi connectivity index (χ0) is 15.6. The molecule has 1 amide bonds. The van der Waals surface area contributed by atoms with Crippen LogP contribution in [0.25, 0.3) is 0 Å². The van der Waals surface area contributed by atoms with E-state index >= 15 is 0 Å². The second-order valence-corrected chi connectivity index (χ2v) is 7.61. The van der Waals surface area contributed by atoms with Gasteiger partial charge in [0.1, 0.15) is 0 Å². The molecule has 118 valence electrons. The van der Waals surface area contributed by atoms with Crippen LogP contribution < -0.4 is 0 Å². The van der Waals surface area contributed by atoms with Crippen LogP contribution in [0.1, 0.15) is 56.9 Å². The number of amides is 1. The highest BCUT2D eigenvalue weighted by atomic mass is 16.2. The van der Waals surface area contributed by atoms with Crippen molar-refractivity contribution < 1.29 is 4.79 Å². The Kier molecular flexibility index (Phi) is 4.69. The van der Waals surface area contributed by atoms with Crippen LogP contribution >= 0.6 is 0 Å². The smallest absolute Gasteiger partial charge is 0.275 e. The van der Waals surface area contributed by atoms with Crippen LogP contribution in [0.4, 0.5) is 0 Å². The van der Waals surface area contributed by atoms with Crippen molar-refractivity contribution in [3.63, 3.8) is 0 Å². The van der Waals surface area contributed by atoms with Crippen LogP contribution in [0.15, 0.2) is 6.20 Å². The first-order valence-electron chi connectivity index (χ1n) is 7.89. The Labute approximate surface area is 127 Å². The van der Waals surface area contributed by atoms with Gasteiger partial charge in [-0.05, 0) is 42.9 Å². The maximum Gasteiger partial charge on any atom is 0.275 e. The van der Waals surface area contributed by atoms with E-state index in [1.54, 1.807) is 20.3 Å². The van der Waals surface area contributed by atoms with Crippen LogP contribution in [0.3, 0.4) is 0 Å². The number of nitrogens with zero attached hydrogens (tertiary/aromatic N) is 4. The molecule has 5 heteroatoms. The molecule has 21 heavy (non-hydrogen) atoms. The lowest BCUT2D eigenvalue weighted by Crippen LogP contribution is -2.27. The molecule has 0 atom stereocenters. The van der Waals surface area contributed by atoms with Gasteiger partial charge in [0.2, 0.25) is 0 Å². The summed E-state index contributed by atoms with van der Waals surface area (Å²) in [4.78, 5) is 13.3. The molecule has 1 aliphatic rings. The van der Waals surface area contributed by atoms with E-state index in [0.29, 0.717) is 17.0 Å². The van der Waals surface area contributed by atoms with Gasteiger partial charge in [0.05, 0.1) is 6.20 Å². The third-order valence-electron chi connectivity index (χ3n) is 4.68. The van der Waals surface area contributed by atoms with Crippen LogP contribution in [0.2, 0.25) is 0 Å². The average Bonchev–Trinajstić information content (AvgIpc) is 2.85. The minimum Gasteiger partial charge on any atom is -0.343 e. The summed E-state index contributed by atoms with van der Waals surface area (Å²) in [6.45, 7) is 7.90. The van der Waals surface area contributed by atoms with E-state index in [4.69, 9.17) is 0 Å². The van der Waals surface area contributed by atoms with Crippen LogP contribution in [-0.2, 0) is 6.54 Å². The average molecular weight is 292 g/mol. The molecule has 0 N–H and O–H groups in total. The molecule has 1 aromatic rings. The number of aromatic nitrogens is 3. The summed E-state index contributed by atoms with van der Waals surface area (Å²) in [5.74, 6) is 1.40. The van der Waals surface area contributed by atoms with Gasteiger partial charge >= 0.3 is 0 Å². The van der Waals surface area contributed by atoms with Crippen LogP contribution in [0.5, 0.6) is 0 Å². The van der Waals surface area contributed by atoms with Crippen LogP contribution in [0, 0.1) is 17.3 Å². The summed E-state index contributed by atoms with van der Waals surface area (Å²) < 4.78 is 1.83. The van der Waals surface area contributed by atoms with Gasteiger partial charge in [-0.1, -0.05) is 26.0 Å². The molecular formula is C16H28N4O. The minimum absolute atomic E-state index is 0.0855. The van der Waals surface area contributed by atoms with Crippen molar-refractivity contribution in [1.82, 2.24) is 19.9 Å². The normalized spacial score (nSPS) is 23.1. The Morgan fingerprint density at radius 1 is 1.29 bits per heavy atom. The molecule has 1 heterocycles. The number of carbonyl (C=O) groups is 1. The highest BCUT2D eigenvalue weighted by Gasteiger charge is 2.29. The molecule has 1 aromatic heterocycles. The van der Waals surface area contributed by atoms with E-state index in [2.05, 4.69) is 31.1 Å². The van der Waals surface area contributed by atoms with E-state index in [1.807, 2.05) is 4.68 Å². The Hall–Kier alpha value is -1.39. The monoisotopic (exact) mass is 292 g/mol. The van der Waals surface area contributed by atoms with Crippen molar-refractivity contribution in [3.05, 3.63) is 11.9 Å². The molecular weight excluding hydrogens is 264 g/mol. The summed E-state index contributed by atoms with van der Waals surface area (Å²) in [5.41, 5.74) is 0.854. The maximum absolute atomic E-state index is 11.8. The van der Waals surface area contributed by atoms with E-state index in [-0.39, 0.29) is 5.91 Å². The minimum atomic E-state index is -0.0855. The first-order chi connectivity index (χ1) is 9.77. The van der Waals surface area contributed by atoms with Crippen molar-refractivity contribution in [1.29, 1.82) is 0 Å². The highest BCUT2D eigenvalue weighted by Crippen LogP contribution is 2.40. The van der Waals surface area contributed by atoms with Gasteiger partial charge in [0, 0.05) is 20.6 Å². The van der Waals surface area contributed by atoms with E-state index < -0.39 is 0 Å². The van der Waals surface area contributed by atoms with E-state index in [1.165, 1.54) is 30.6 Å². The van der Waals surface area contributed by atoms with Gasteiger partial charge in [-0.3, -0.25) is 9.48 Å². The molecule has 0 bridgehead atoms. The quantitative estimate of drug-likeness (QED) is 0.860. The van der Waals surface area contributed by atoms with E-state index in [0.717, 1.165) is 12.5 Å². The van der Waals surface area contributed by atoms with Crippen molar-refractivity contribution >= 4 is 5.91 Å². The molecule has 0 radical (unpaired) electrons. The molecule has 0 saturated heterocycles. The molecule has 0 aromatic carbocycles. The lowest BCUT2D eigenvalue weighted by Gasteiger charge is -2.36. The van der Waals surface area contributed by atoms with Gasteiger partial charge in [-0.2, -0.15) is 0 Å².